The van der Waals surface area contributed by atoms with E-state index >= 15 is 0 Å². The molecule has 12 atom stereocenters. The van der Waals surface area contributed by atoms with Crippen LogP contribution in [0.15, 0.2) is 11.8 Å². The van der Waals surface area contributed by atoms with Crippen molar-refractivity contribution in [3.05, 3.63) is 11.8 Å². The van der Waals surface area contributed by atoms with Crippen LogP contribution in [0.25, 0.3) is 0 Å². The normalized spacial score (nSPS) is 30.1. The number of nitrogens with zero attached hydrogens (tertiary/aromatic N) is 1. The number of carbonyl (C=O) groups is 6. The number of amides is 5. The number of aliphatic hydroxyl groups excluding tert-OH is 3. The van der Waals surface area contributed by atoms with E-state index in [0.717, 1.165) is 4.90 Å². The number of hydrogen-bond acceptors (Lipinski definition) is 20. The summed E-state index contributed by atoms with van der Waals surface area (Å²) < 4.78 is 52.9. The van der Waals surface area contributed by atoms with E-state index in [1.54, 1.807) is 110 Å². The van der Waals surface area contributed by atoms with Crippen LogP contribution < -0.4 is 26.6 Å². The summed E-state index contributed by atoms with van der Waals surface area (Å²) in [5.74, 6) is -1.06. The van der Waals surface area contributed by atoms with Gasteiger partial charge in [-0.15, -0.1) is 0 Å². The fraction of sp³-hybridized carbons (Fsp3) is 0.849. The van der Waals surface area contributed by atoms with E-state index in [9.17, 15) is 49.2 Å². The first-order valence-corrected chi connectivity index (χ1v) is 26.8. The Morgan fingerprint density at radius 1 is 0.679 bits per heavy atom. The highest BCUT2D eigenvalue weighted by molar-refractivity contribution is 5.81. The predicted molar refractivity (Wildman–Crippen MR) is 280 cm³/mol. The van der Waals surface area contributed by atoms with Crippen LogP contribution in [0.1, 0.15) is 149 Å². The van der Waals surface area contributed by atoms with Gasteiger partial charge in [-0.3, -0.25) is 9.59 Å². The van der Waals surface area contributed by atoms with E-state index in [0.29, 0.717) is 25.1 Å². The molecule has 0 bridgehead atoms. The van der Waals surface area contributed by atoms with Crippen LogP contribution in [-0.2, 0) is 52.2 Å². The van der Waals surface area contributed by atoms with Crippen molar-refractivity contribution in [3.63, 3.8) is 0 Å². The van der Waals surface area contributed by atoms with Crippen LogP contribution in [-0.4, -0.2) is 195 Å². The largest absolute Gasteiger partial charge is 0.466 e. The van der Waals surface area contributed by atoms with Gasteiger partial charge in [-0.25, -0.2) is 19.2 Å². The van der Waals surface area contributed by atoms with Crippen LogP contribution in [0, 0.1) is 5.92 Å². The lowest BCUT2D eigenvalue weighted by atomic mass is 9.80. The van der Waals surface area contributed by atoms with E-state index in [2.05, 4.69) is 26.6 Å². The Hall–Kier alpha value is -4.76. The van der Waals surface area contributed by atoms with E-state index < -0.39 is 144 Å². The zero-order valence-corrected chi connectivity index (χ0v) is 48.8. The van der Waals surface area contributed by atoms with Gasteiger partial charge in [0.1, 0.15) is 69.9 Å². The highest BCUT2D eigenvalue weighted by atomic mass is 16.7. The van der Waals surface area contributed by atoms with E-state index in [4.69, 9.17) is 42.6 Å². The molecule has 78 heavy (non-hydrogen) atoms. The molecule has 0 unspecified atom stereocenters. The number of ether oxygens (including phenoxy) is 9. The lowest BCUT2D eigenvalue weighted by molar-refractivity contribution is -0.311. The molecule has 4 rings (SSSR count). The molecule has 0 spiro atoms. The van der Waals surface area contributed by atoms with Gasteiger partial charge in [0, 0.05) is 19.5 Å². The molecule has 4 aliphatic rings. The molecule has 448 valence electrons. The third kappa shape index (κ3) is 21.4. The SMILES string of the molecule is CN(C(=O)OC(C)(C)C)[C@@H]1[C@@H](O)[C@@H](O[C@@H]2[C@@H](O)[C@H](O[C@H]3OC(CNCC4CC(NC(=O)OC(C)(C)C)C4)=CC[C@H]3NC(=O)OC(C)(C)C)[C@@H](NC(=O)OC(C)(C)C)C[C@H]2NC(=O)[C@@H](O)CCC(=O)OC(C)(C)C)OC[C@]1(C)O. The number of alkyl carbamates (subject to hydrolysis) is 3. The molecular weight excluding hydrogens is 1020 g/mol. The Kier molecular flexibility index (Phi) is 22.1. The molecule has 0 radical (unpaired) electrons. The average molecular weight is 1120 g/mol. The van der Waals surface area contributed by atoms with Crippen LogP contribution in [0.5, 0.6) is 0 Å². The number of esters is 1. The van der Waals surface area contributed by atoms with Crippen LogP contribution in [0.3, 0.4) is 0 Å². The zero-order valence-electron chi connectivity index (χ0n) is 48.8. The molecule has 2 saturated carbocycles. The minimum Gasteiger partial charge on any atom is -0.466 e. The van der Waals surface area contributed by atoms with Crippen molar-refractivity contribution >= 4 is 36.2 Å². The van der Waals surface area contributed by atoms with Gasteiger partial charge < -0.3 is 94.5 Å². The predicted octanol–water partition coefficient (Wildman–Crippen LogP) is 3.50. The van der Waals surface area contributed by atoms with Crippen molar-refractivity contribution in [1.82, 2.24) is 31.5 Å². The summed E-state index contributed by atoms with van der Waals surface area (Å²) in [5.41, 5.74) is -6.23. The second kappa shape index (κ2) is 26.2. The molecule has 25 heteroatoms. The lowest BCUT2D eigenvalue weighted by Gasteiger charge is -2.50. The van der Waals surface area contributed by atoms with Gasteiger partial charge in [-0.05, 0) is 161 Å². The maximum atomic E-state index is 13.9. The summed E-state index contributed by atoms with van der Waals surface area (Å²) in [7, 11) is 1.31. The minimum atomic E-state index is -1.91. The van der Waals surface area contributed by atoms with Gasteiger partial charge in [0.05, 0.1) is 37.3 Å². The molecule has 3 fully saturated rings. The zero-order chi connectivity index (χ0) is 59.1. The van der Waals surface area contributed by atoms with Crippen LogP contribution in [0.2, 0.25) is 0 Å². The smallest absolute Gasteiger partial charge is 0.410 e. The first-order chi connectivity index (χ1) is 35.6. The lowest BCUT2D eigenvalue weighted by Crippen LogP contribution is -2.71. The van der Waals surface area contributed by atoms with Crippen molar-refractivity contribution in [3.8, 4) is 0 Å². The molecule has 0 aromatic heterocycles. The van der Waals surface area contributed by atoms with Crippen LogP contribution >= 0.6 is 0 Å². The molecular formula is C53H92N6O19. The molecule has 0 aromatic carbocycles. The number of hydrogen-bond donors (Lipinski definition) is 9. The summed E-state index contributed by atoms with van der Waals surface area (Å²) in [5, 5.41) is 61.8. The topological polar surface area (TPSA) is 330 Å². The van der Waals surface area contributed by atoms with Crippen molar-refractivity contribution in [2.75, 3.05) is 26.7 Å². The standard InChI is InChI=1S/C53H92N6O19/c1-48(2,3)74-35(61)21-20-34(60)41(64)56-32-24-33(58-46(67)77-51(10,11)12)39(36(62)38(32)73-43-37(63)40(53(16,69)27-70-43)59(17)47(68)78-52(13,14)15)72-42-31(57-45(66)76-50(7,8)9)19-18-30(71-42)26-54-25-28-22-29(23-28)55-44(65)75-49(4,5)6/h18,28-29,31-34,36-40,42-43,54,60,62-63,69H,19-27H2,1-17H3,(H,55,65)(H,56,64)(H,57,66)(H,58,67)/t28?,29?,31-,32-,33+,34+,36-,37-,38+,39-,40-,42-,43-,53+/m1/s1. The van der Waals surface area contributed by atoms with E-state index in [1.165, 1.54) is 14.0 Å². The fourth-order valence-electron chi connectivity index (χ4n) is 9.19. The maximum absolute atomic E-state index is 13.9. The Morgan fingerprint density at radius 2 is 1.17 bits per heavy atom. The Bertz CT molecular complexity index is 2090. The minimum absolute atomic E-state index is 0.0452. The highest BCUT2D eigenvalue weighted by Gasteiger charge is 2.55. The molecule has 25 nitrogen and oxygen atoms in total. The van der Waals surface area contributed by atoms with Crippen molar-refractivity contribution < 1.29 is 91.8 Å². The fourth-order valence-corrected chi connectivity index (χ4v) is 9.19. The highest BCUT2D eigenvalue weighted by Crippen LogP contribution is 2.35. The molecule has 9 N–H and O–H groups in total. The quantitative estimate of drug-likeness (QED) is 0.0743. The molecule has 2 aliphatic carbocycles. The van der Waals surface area contributed by atoms with Gasteiger partial charge >= 0.3 is 30.3 Å². The molecule has 5 amide bonds. The van der Waals surface area contributed by atoms with E-state index in [-0.39, 0.29) is 44.2 Å². The van der Waals surface area contributed by atoms with Gasteiger partial charge in [0.15, 0.2) is 6.29 Å². The number of aliphatic hydroxyl groups is 4. The van der Waals surface area contributed by atoms with Gasteiger partial charge in [-0.1, -0.05) is 0 Å². The Labute approximate surface area is 459 Å². The van der Waals surface area contributed by atoms with Gasteiger partial charge in [0.2, 0.25) is 12.2 Å². The Morgan fingerprint density at radius 3 is 1.69 bits per heavy atom. The van der Waals surface area contributed by atoms with Crippen LogP contribution in [0.4, 0.5) is 19.2 Å². The summed E-state index contributed by atoms with van der Waals surface area (Å²) >= 11 is 0. The Balaban J connectivity index is 1.70. The average Bonchev–Trinajstić information content (AvgIpc) is 3.22. The number of nitrogens with one attached hydrogen (secondary N) is 5. The summed E-state index contributed by atoms with van der Waals surface area (Å²) in [6, 6.07) is -5.09. The number of rotatable bonds is 17. The van der Waals surface area contributed by atoms with Gasteiger partial charge in [-0.2, -0.15) is 0 Å². The number of likely N-dealkylation sites (N-methyl/N-ethyl adjacent to an activating group) is 1. The second-order valence-corrected chi connectivity index (χ2v) is 26.0. The number of carbonyl (C=O) groups excluding carboxylic acids is 6. The summed E-state index contributed by atoms with van der Waals surface area (Å²) in [4.78, 5) is 80.2. The van der Waals surface area contributed by atoms with E-state index in [1.807, 2.05) is 0 Å². The maximum Gasteiger partial charge on any atom is 0.410 e. The summed E-state index contributed by atoms with van der Waals surface area (Å²) in [6.45, 7) is 26.8. The third-order valence-corrected chi connectivity index (χ3v) is 12.4. The van der Waals surface area contributed by atoms with Crippen molar-refractivity contribution in [2.45, 2.75) is 256 Å². The summed E-state index contributed by atoms with van der Waals surface area (Å²) in [6.07, 6.45) is -12.8. The molecule has 2 aliphatic heterocycles. The first-order valence-electron chi connectivity index (χ1n) is 26.8. The second-order valence-electron chi connectivity index (χ2n) is 26.0. The first kappa shape index (κ1) is 65.8. The third-order valence-electron chi connectivity index (χ3n) is 12.4. The van der Waals surface area contributed by atoms with Crippen molar-refractivity contribution in [1.29, 1.82) is 0 Å². The molecule has 2 heterocycles. The molecule has 0 aromatic rings. The van der Waals surface area contributed by atoms with Crippen molar-refractivity contribution in [2.24, 2.45) is 5.92 Å². The van der Waals surface area contributed by atoms with Gasteiger partial charge in [0.25, 0.3) is 0 Å². The molecule has 1 saturated heterocycles. The monoisotopic (exact) mass is 1120 g/mol.